The predicted octanol–water partition coefficient (Wildman–Crippen LogP) is 1.66. The number of amides is 2. The van der Waals surface area contributed by atoms with Crippen LogP contribution in [0.5, 0.6) is 0 Å². The van der Waals surface area contributed by atoms with Gasteiger partial charge in [-0.2, -0.15) is 0 Å². The summed E-state index contributed by atoms with van der Waals surface area (Å²) in [5, 5.41) is 7.25. The number of nitrogens with one attached hydrogen (secondary N) is 1. The number of nitrogens with zero attached hydrogens (tertiary/aromatic N) is 2. The molecule has 2 aromatic rings. The summed E-state index contributed by atoms with van der Waals surface area (Å²) in [5.74, 6) is -0.497. The second-order valence-corrected chi connectivity index (χ2v) is 6.01. The van der Waals surface area contributed by atoms with E-state index in [9.17, 15) is 14.0 Å². The van der Waals surface area contributed by atoms with Gasteiger partial charge >= 0.3 is 0 Å². The van der Waals surface area contributed by atoms with E-state index in [-0.39, 0.29) is 30.2 Å². The minimum Gasteiger partial charge on any atom is -0.356 e. The highest BCUT2D eigenvalue weighted by molar-refractivity contribution is 5.88. The van der Waals surface area contributed by atoms with Crippen molar-refractivity contribution in [3.63, 3.8) is 0 Å². The number of hydrogen-bond donors (Lipinski definition) is 1. The van der Waals surface area contributed by atoms with Gasteiger partial charge in [0.2, 0.25) is 11.8 Å². The molecule has 2 heterocycles. The molecule has 1 aromatic heterocycles. The standard InChI is InChI=1S/C17H18FN3O3/c1-3-17(23)21-8-11(9-21)10(2)19-16(22)7-14-13-6-12(18)4-5-15(13)24-20-14/h3-6,10-11H,1,7-9H2,2H3,(H,19,22). The molecular weight excluding hydrogens is 313 g/mol. The third-order valence-electron chi connectivity index (χ3n) is 4.33. The van der Waals surface area contributed by atoms with Crippen molar-refractivity contribution in [2.45, 2.75) is 19.4 Å². The fraction of sp³-hybridized carbons (Fsp3) is 0.353. The minimum atomic E-state index is -0.401. The van der Waals surface area contributed by atoms with Gasteiger partial charge in [0, 0.05) is 30.4 Å². The fourth-order valence-corrected chi connectivity index (χ4v) is 2.80. The first-order valence-electron chi connectivity index (χ1n) is 7.72. The van der Waals surface area contributed by atoms with E-state index in [0.717, 1.165) is 0 Å². The molecule has 1 fully saturated rings. The van der Waals surface area contributed by atoms with Crippen molar-refractivity contribution in [3.8, 4) is 0 Å². The Morgan fingerprint density at radius 3 is 3.00 bits per heavy atom. The molecule has 24 heavy (non-hydrogen) atoms. The van der Waals surface area contributed by atoms with Gasteiger partial charge in [-0.25, -0.2) is 4.39 Å². The van der Waals surface area contributed by atoms with Gasteiger partial charge in [0.15, 0.2) is 5.58 Å². The Labute approximate surface area is 138 Å². The van der Waals surface area contributed by atoms with Crippen LogP contribution in [-0.2, 0) is 16.0 Å². The molecule has 1 aromatic carbocycles. The Kier molecular flexibility index (Phi) is 4.33. The van der Waals surface area contributed by atoms with Crippen LogP contribution in [0.15, 0.2) is 35.4 Å². The molecule has 0 spiro atoms. The summed E-state index contributed by atoms with van der Waals surface area (Å²) in [6, 6.07) is 4.01. The second-order valence-electron chi connectivity index (χ2n) is 6.01. The lowest BCUT2D eigenvalue weighted by Gasteiger charge is -2.42. The lowest BCUT2D eigenvalue weighted by Crippen LogP contribution is -2.57. The molecule has 1 saturated heterocycles. The van der Waals surface area contributed by atoms with Crippen LogP contribution in [-0.4, -0.2) is 41.0 Å². The van der Waals surface area contributed by atoms with E-state index in [2.05, 4.69) is 17.1 Å². The molecule has 1 atom stereocenters. The molecule has 126 valence electrons. The minimum absolute atomic E-state index is 0.0167. The van der Waals surface area contributed by atoms with Crippen molar-refractivity contribution in [1.29, 1.82) is 0 Å². The Bertz CT molecular complexity index is 795. The summed E-state index contributed by atoms with van der Waals surface area (Å²) in [7, 11) is 0. The molecule has 1 aliphatic heterocycles. The quantitative estimate of drug-likeness (QED) is 0.846. The summed E-state index contributed by atoms with van der Waals surface area (Å²) in [4.78, 5) is 25.3. The van der Waals surface area contributed by atoms with Crippen LogP contribution in [0.1, 0.15) is 12.6 Å². The lowest BCUT2D eigenvalue weighted by molar-refractivity contribution is -0.133. The van der Waals surface area contributed by atoms with E-state index in [1.807, 2.05) is 6.92 Å². The molecule has 6 nitrogen and oxygen atoms in total. The van der Waals surface area contributed by atoms with Crippen molar-refractivity contribution < 1.29 is 18.5 Å². The van der Waals surface area contributed by atoms with E-state index in [1.165, 1.54) is 24.3 Å². The molecule has 3 rings (SSSR count). The van der Waals surface area contributed by atoms with Crippen LogP contribution < -0.4 is 5.32 Å². The van der Waals surface area contributed by atoms with Crippen LogP contribution in [0.3, 0.4) is 0 Å². The van der Waals surface area contributed by atoms with Gasteiger partial charge in [0.25, 0.3) is 0 Å². The second kappa shape index (κ2) is 6.43. The zero-order valence-electron chi connectivity index (χ0n) is 13.3. The summed E-state index contributed by atoms with van der Waals surface area (Å²) in [5.41, 5.74) is 0.857. The fourth-order valence-electron chi connectivity index (χ4n) is 2.80. The number of hydrogen-bond acceptors (Lipinski definition) is 4. The van der Waals surface area contributed by atoms with Crippen molar-refractivity contribution in [2.24, 2.45) is 5.92 Å². The van der Waals surface area contributed by atoms with E-state index >= 15 is 0 Å². The average Bonchev–Trinajstić information content (AvgIpc) is 2.87. The predicted molar refractivity (Wildman–Crippen MR) is 85.5 cm³/mol. The smallest absolute Gasteiger partial charge is 0.245 e. The van der Waals surface area contributed by atoms with Gasteiger partial charge in [-0.3, -0.25) is 9.59 Å². The normalized spacial score (nSPS) is 15.8. The Hall–Kier alpha value is -2.70. The maximum Gasteiger partial charge on any atom is 0.245 e. The first kappa shape index (κ1) is 16.2. The van der Waals surface area contributed by atoms with E-state index < -0.39 is 5.82 Å². The number of aromatic nitrogens is 1. The third-order valence-corrected chi connectivity index (χ3v) is 4.33. The zero-order valence-corrected chi connectivity index (χ0v) is 13.3. The Balaban J connectivity index is 1.56. The molecule has 0 bridgehead atoms. The number of carbonyl (C=O) groups is 2. The summed E-state index contributed by atoms with van der Waals surface area (Å²) < 4.78 is 18.4. The largest absolute Gasteiger partial charge is 0.356 e. The summed E-state index contributed by atoms with van der Waals surface area (Å²) in [6.07, 6.45) is 1.30. The van der Waals surface area contributed by atoms with Gasteiger partial charge < -0.3 is 14.7 Å². The highest BCUT2D eigenvalue weighted by atomic mass is 19.1. The van der Waals surface area contributed by atoms with Crippen LogP contribution in [0.4, 0.5) is 4.39 Å². The number of fused-ring (bicyclic) bond motifs is 1. The summed E-state index contributed by atoms with van der Waals surface area (Å²) in [6.45, 7) is 6.56. The van der Waals surface area contributed by atoms with Crippen molar-refractivity contribution in [2.75, 3.05) is 13.1 Å². The number of carbonyl (C=O) groups excluding carboxylic acids is 2. The number of halogens is 1. The maximum atomic E-state index is 13.3. The van der Waals surface area contributed by atoms with E-state index in [4.69, 9.17) is 4.52 Å². The monoisotopic (exact) mass is 331 g/mol. The van der Waals surface area contributed by atoms with Gasteiger partial charge in [0.1, 0.15) is 11.5 Å². The molecule has 1 N–H and O–H groups in total. The highest BCUT2D eigenvalue weighted by Gasteiger charge is 2.33. The summed E-state index contributed by atoms with van der Waals surface area (Å²) >= 11 is 0. The Morgan fingerprint density at radius 2 is 2.29 bits per heavy atom. The van der Waals surface area contributed by atoms with Crippen molar-refractivity contribution in [3.05, 3.63) is 42.4 Å². The van der Waals surface area contributed by atoms with Crippen molar-refractivity contribution >= 4 is 22.8 Å². The molecule has 7 heteroatoms. The van der Waals surface area contributed by atoms with E-state index in [1.54, 1.807) is 4.90 Å². The van der Waals surface area contributed by atoms with Crippen LogP contribution in [0.25, 0.3) is 11.0 Å². The van der Waals surface area contributed by atoms with Crippen LogP contribution in [0, 0.1) is 11.7 Å². The molecule has 0 saturated carbocycles. The Morgan fingerprint density at radius 1 is 1.54 bits per heavy atom. The first-order chi connectivity index (χ1) is 11.5. The highest BCUT2D eigenvalue weighted by Crippen LogP contribution is 2.21. The SMILES string of the molecule is C=CC(=O)N1CC(C(C)NC(=O)Cc2noc3ccc(F)cc23)C1. The van der Waals surface area contributed by atoms with Crippen LogP contribution >= 0.6 is 0 Å². The van der Waals surface area contributed by atoms with Gasteiger partial charge in [-0.1, -0.05) is 11.7 Å². The zero-order chi connectivity index (χ0) is 17.3. The van der Waals surface area contributed by atoms with Gasteiger partial charge in [0.05, 0.1) is 6.42 Å². The molecule has 0 aliphatic carbocycles. The molecule has 0 radical (unpaired) electrons. The maximum absolute atomic E-state index is 13.3. The number of benzene rings is 1. The average molecular weight is 331 g/mol. The molecule has 2 amide bonds. The molecular formula is C17H18FN3O3. The number of rotatable bonds is 5. The van der Waals surface area contributed by atoms with Crippen molar-refractivity contribution in [1.82, 2.24) is 15.4 Å². The number of likely N-dealkylation sites (tertiary alicyclic amines) is 1. The van der Waals surface area contributed by atoms with Gasteiger partial charge in [-0.05, 0) is 31.2 Å². The topological polar surface area (TPSA) is 75.4 Å². The first-order valence-corrected chi connectivity index (χ1v) is 7.72. The molecule has 1 unspecified atom stereocenters. The molecule has 1 aliphatic rings. The third kappa shape index (κ3) is 3.15. The van der Waals surface area contributed by atoms with Gasteiger partial charge in [-0.15, -0.1) is 0 Å². The van der Waals surface area contributed by atoms with Crippen LogP contribution in [0.2, 0.25) is 0 Å². The lowest BCUT2D eigenvalue weighted by atomic mass is 9.92. The van der Waals surface area contributed by atoms with E-state index in [0.29, 0.717) is 29.8 Å².